The van der Waals surface area contributed by atoms with Gasteiger partial charge in [-0.25, -0.2) is 4.79 Å². The summed E-state index contributed by atoms with van der Waals surface area (Å²) >= 11 is 0. The van der Waals surface area contributed by atoms with Crippen LogP contribution in [0, 0.1) is 28.6 Å². The lowest BCUT2D eigenvalue weighted by Gasteiger charge is -2.58. The van der Waals surface area contributed by atoms with Crippen LogP contribution in [0.3, 0.4) is 0 Å². The second-order valence-corrected chi connectivity index (χ2v) is 13.5. The highest BCUT2D eigenvalue weighted by Gasteiger charge is 2.62. The molecule has 1 aromatic heterocycles. The maximum atomic E-state index is 12.7. The molecular formula is C34H43N3O5. The topological polar surface area (TPSA) is 113 Å². The van der Waals surface area contributed by atoms with Gasteiger partial charge >= 0.3 is 5.97 Å². The van der Waals surface area contributed by atoms with Crippen LogP contribution in [0.1, 0.15) is 64.9 Å². The van der Waals surface area contributed by atoms with Crippen molar-refractivity contribution >= 4 is 28.5 Å². The van der Waals surface area contributed by atoms with Gasteiger partial charge in [0, 0.05) is 28.9 Å². The molecule has 1 aromatic carbocycles. The molecule has 0 aliphatic heterocycles. The van der Waals surface area contributed by atoms with Gasteiger partial charge in [0.1, 0.15) is 11.8 Å². The van der Waals surface area contributed by atoms with Gasteiger partial charge in [0.2, 0.25) is 0 Å². The van der Waals surface area contributed by atoms with E-state index in [0.29, 0.717) is 29.9 Å². The van der Waals surface area contributed by atoms with Gasteiger partial charge in [-0.3, -0.25) is 4.79 Å². The van der Waals surface area contributed by atoms with Crippen LogP contribution >= 0.6 is 0 Å². The van der Waals surface area contributed by atoms with E-state index >= 15 is 0 Å². The first-order valence-corrected chi connectivity index (χ1v) is 15.3. The Morgan fingerprint density at radius 2 is 1.93 bits per heavy atom. The molecule has 8 nitrogen and oxygen atoms in total. The fourth-order valence-electron chi connectivity index (χ4n) is 8.77. The number of esters is 1. The smallest absolute Gasteiger partial charge is 0.328 e. The van der Waals surface area contributed by atoms with Crippen molar-refractivity contribution in [1.82, 2.24) is 10.3 Å². The average Bonchev–Trinajstić information content (AvgIpc) is 3.49. The first-order chi connectivity index (χ1) is 20.1. The van der Waals surface area contributed by atoms with E-state index in [2.05, 4.69) is 41.5 Å². The average molecular weight is 574 g/mol. The lowest BCUT2D eigenvalue weighted by molar-refractivity contribution is -0.145. The van der Waals surface area contributed by atoms with Crippen molar-refractivity contribution in [1.29, 1.82) is 0 Å². The summed E-state index contributed by atoms with van der Waals surface area (Å²) in [6.45, 7) is 6.42. The molecule has 2 aromatic rings. The van der Waals surface area contributed by atoms with Crippen molar-refractivity contribution < 1.29 is 24.3 Å². The fraction of sp³-hybridized carbons (Fsp3) is 0.559. The number of carbonyl (C=O) groups excluding carboxylic acids is 2. The molecule has 8 heteroatoms. The Morgan fingerprint density at radius 3 is 2.74 bits per heavy atom. The number of benzene rings is 1. The van der Waals surface area contributed by atoms with Crippen molar-refractivity contribution in [3.63, 3.8) is 0 Å². The maximum absolute atomic E-state index is 12.7. The van der Waals surface area contributed by atoms with E-state index in [4.69, 9.17) is 9.57 Å². The van der Waals surface area contributed by atoms with E-state index in [1.165, 1.54) is 12.7 Å². The molecule has 3 fully saturated rings. The number of nitrogens with one attached hydrogen (secondary N) is 2. The fourth-order valence-corrected chi connectivity index (χ4v) is 8.77. The van der Waals surface area contributed by atoms with Gasteiger partial charge < -0.3 is 25.0 Å². The first-order valence-electron chi connectivity index (χ1n) is 15.3. The Labute approximate surface area is 247 Å². The Hall–Kier alpha value is -3.39. The number of aliphatic hydroxyl groups is 1. The van der Waals surface area contributed by atoms with E-state index in [1.54, 1.807) is 0 Å². The molecule has 3 N–H and O–H groups in total. The van der Waals surface area contributed by atoms with E-state index in [9.17, 15) is 14.7 Å². The normalized spacial score (nSPS) is 35.1. The van der Waals surface area contributed by atoms with Gasteiger partial charge in [-0.15, -0.1) is 0 Å². The molecule has 4 aliphatic rings. The highest BCUT2D eigenvalue weighted by atomic mass is 16.6. The zero-order valence-electron chi connectivity index (χ0n) is 25.1. The molecular weight excluding hydrogens is 530 g/mol. The van der Waals surface area contributed by atoms with Crippen LogP contribution in [0.15, 0.2) is 59.4 Å². The van der Waals surface area contributed by atoms with E-state index < -0.39 is 23.5 Å². The van der Waals surface area contributed by atoms with Gasteiger partial charge in [0.25, 0.3) is 5.91 Å². The van der Waals surface area contributed by atoms with Crippen LogP contribution in [0.4, 0.5) is 0 Å². The number of carbonyl (C=O) groups is 2. The van der Waals surface area contributed by atoms with Crippen molar-refractivity contribution in [2.75, 3.05) is 13.7 Å². The van der Waals surface area contributed by atoms with Crippen molar-refractivity contribution in [3.05, 3.63) is 59.8 Å². The molecule has 42 heavy (non-hydrogen) atoms. The van der Waals surface area contributed by atoms with Crippen LogP contribution < -0.4 is 5.32 Å². The number of allylic oxidation sites excluding steroid dienone is 4. The molecule has 3 saturated carbocycles. The molecule has 7 atom stereocenters. The Balaban J connectivity index is 1.08. The summed E-state index contributed by atoms with van der Waals surface area (Å²) in [7, 11) is 1.31. The minimum Gasteiger partial charge on any atom is -0.467 e. The summed E-state index contributed by atoms with van der Waals surface area (Å²) in [5, 5.41) is 19.2. The van der Waals surface area contributed by atoms with Crippen molar-refractivity contribution in [2.24, 2.45) is 33.7 Å². The summed E-state index contributed by atoms with van der Waals surface area (Å²) < 4.78 is 4.95. The first kappa shape index (κ1) is 28.7. The van der Waals surface area contributed by atoms with Gasteiger partial charge in [0.15, 0.2) is 6.61 Å². The number of para-hydroxylation sites is 1. The van der Waals surface area contributed by atoms with E-state index in [1.807, 2.05) is 43.5 Å². The summed E-state index contributed by atoms with van der Waals surface area (Å²) in [4.78, 5) is 33.9. The minimum atomic E-state index is -0.841. The summed E-state index contributed by atoms with van der Waals surface area (Å²) in [6, 6.07) is 6.98. The number of amides is 1. The number of ether oxygens (including phenoxy) is 1. The number of H-pyrrole nitrogens is 1. The third kappa shape index (κ3) is 4.77. The van der Waals surface area contributed by atoms with Crippen LogP contribution in [0.5, 0.6) is 0 Å². The predicted molar refractivity (Wildman–Crippen MR) is 162 cm³/mol. The molecule has 1 amide bonds. The van der Waals surface area contributed by atoms with Gasteiger partial charge in [-0.2, -0.15) is 0 Å². The quantitative estimate of drug-likeness (QED) is 0.310. The van der Waals surface area contributed by atoms with E-state index in [-0.39, 0.29) is 17.4 Å². The third-order valence-corrected chi connectivity index (χ3v) is 11.4. The molecule has 0 spiro atoms. The summed E-state index contributed by atoms with van der Waals surface area (Å²) in [6.07, 6.45) is 14.9. The number of fused-ring (bicyclic) bond motifs is 6. The molecule has 6 unspecified atom stereocenters. The second-order valence-electron chi connectivity index (χ2n) is 13.5. The Kier molecular flexibility index (Phi) is 7.32. The lowest BCUT2D eigenvalue weighted by Crippen LogP contribution is -2.53. The number of nitrogens with zero attached hydrogens (tertiary/aromatic N) is 1. The minimum absolute atomic E-state index is 0.00739. The van der Waals surface area contributed by atoms with Gasteiger partial charge in [0.05, 0.1) is 12.7 Å². The number of hydrogen-bond donors (Lipinski definition) is 3. The monoisotopic (exact) mass is 573 g/mol. The molecule has 0 saturated heterocycles. The van der Waals surface area contributed by atoms with Gasteiger partial charge in [-0.1, -0.05) is 48.9 Å². The van der Waals surface area contributed by atoms with Crippen LogP contribution in [-0.4, -0.2) is 53.0 Å². The molecule has 1 heterocycles. The van der Waals surface area contributed by atoms with Gasteiger partial charge in [-0.05, 0) is 92.4 Å². The Morgan fingerprint density at radius 1 is 1.14 bits per heavy atom. The summed E-state index contributed by atoms with van der Waals surface area (Å²) in [5.74, 6) is 0.792. The molecule has 4 aliphatic carbocycles. The SMILES string of the molecule is COC(=O)C(Cc1c[nH]c2ccccc12)NC(=O)CO/N=C1\C=CC2(C)C(=C1)CCC1C2CCC2(C)C1CC[C@]2(C)O. The molecule has 6 rings (SSSR count). The van der Waals surface area contributed by atoms with Crippen molar-refractivity contribution in [2.45, 2.75) is 77.4 Å². The Bertz CT molecular complexity index is 1470. The number of rotatable bonds is 7. The number of hydrogen-bond acceptors (Lipinski definition) is 6. The second kappa shape index (κ2) is 10.7. The predicted octanol–water partition coefficient (Wildman–Crippen LogP) is 5.23. The molecule has 224 valence electrons. The van der Waals surface area contributed by atoms with Crippen LogP contribution in [0.25, 0.3) is 10.9 Å². The molecule has 0 bridgehead atoms. The number of aromatic amines is 1. The summed E-state index contributed by atoms with van der Waals surface area (Å²) in [5.41, 5.74) is 3.37. The number of oxime groups is 1. The third-order valence-electron chi connectivity index (χ3n) is 11.4. The number of methoxy groups -OCH3 is 1. The standard InChI is InChI=1S/C34H43N3O5/c1-32-14-11-23(18-22(32)9-10-25-26(32)12-15-33(2)27(25)13-16-34(33,3)40)37-42-20-30(38)36-29(31(39)41-4)17-21-19-35-28-8-6-5-7-24(21)28/h5-8,11,14,18-19,25-27,29,35,40H,9-10,12-13,15-17,20H2,1-4H3,(H,36,38)/b37-23+/t25?,26?,27?,29?,32?,33?,34-/m0/s1. The van der Waals surface area contributed by atoms with Crippen LogP contribution in [-0.2, 0) is 25.6 Å². The molecule has 0 radical (unpaired) electrons. The maximum Gasteiger partial charge on any atom is 0.328 e. The zero-order valence-corrected chi connectivity index (χ0v) is 25.1. The van der Waals surface area contributed by atoms with E-state index in [0.717, 1.165) is 55.0 Å². The number of aromatic nitrogens is 1. The van der Waals surface area contributed by atoms with Crippen molar-refractivity contribution in [3.8, 4) is 0 Å². The zero-order chi connectivity index (χ0) is 29.7. The largest absolute Gasteiger partial charge is 0.467 e. The highest BCUT2D eigenvalue weighted by molar-refractivity contribution is 6.05. The highest BCUT2D eigenvalue weighted by Crippen LogP contribution is 2.66. The lowest BCUT2D eigenvalue weighted by atomic mass is 9.47. The van der Waals surface area contributed by atoms with Crippen LogP contribution in [0.2, 0.25) is 0 Å².